The summed E-state index contributed by atoms with van der Waals surface area (Å²) in [6, 6.07) is 13.1. The first kappa shape index (κ1) is 12.7. The van der Waals surface area contributed by atoms with Crippen LogP contribution in [-0.2, 0) is 0 Å². The van der Waals surface area contributed by atoms with Crippen LogP contribution in [0.4, 0.5) is 0 Å². The molecule has 1 fully saturated rings. The van der Waals surface area contributed by atoms with Crippen molar-refractivity contribution in [1.82, 2.24) is 0 Å². The van der Waals surface area contributed by atoms with Gasteiger partial charge in [0.05, 0.1) is 3.57 Å². The van der Waals surface area contributed by atoms with E-state index in [0.29, 0.717) is 5.92 Å². The first-order valence-electron chi connectivity index (χ1n) is 7.44. The minimum atomic E-state index is 0.686. The van der Waals surface area contributed by atoms with Gasteiger partial charge in [0, 0.05) is 10.8 Å². The standard InChI is InChI=1S/C18H17IO/c19-16-11-5-10-15-14-9-4-8-13(17(14)20-18(15)16)12-6-2-1-3-7-12/h4-5,8-12H,1-3,6-7H2. The quantitative estimate of drug-likeness (QED) is 0.459. The SMILES string of the molecule is Ic1cccc2c1oc1c(C3CCCCC3)cccc12. The van der Waals surface area contributed by atoms with Gasteiger partial charge in [-0.25, -0.2) is 0 Å². The molecule has 2 aromatic carbocycles. The van der Waals surface area contributed by atoms with Crippen LogP contribution in [0.5, 0.6) is 0 Å². The third kappa shape index (κ3) is 1.96. The second-order valence-electron chi connectivity index (χ2n) is 5.78. The summed E-state index contributed by atoms with van der Waals surface area (Å²) in [6.07, 6.45) is 6.74. The first-order chi connectivity index (χ1) is 9.84. The molecule has 1 nitrogen and oxygen atoms in total. The van der Waals surface area contributed by atoms with Crippen LogP contribution < -0.4 is 0 Å². The third-order valence-corrected chi connectivity index (χ3v) is 5.40. The van der Waals surface area contributed by atoms with Crippen molar-refractivity contribution in [1.29, 1.82) is 0 Å². The lowest BCUT2D eigenvalue weighted by atomic mass is 9.83. The Kier molecular flexibility index (Phi) is 3.21. The lowest BCUT2D eigenvalue weighted by Gasteiger charge is -2.21. The van der Waals surface area contributed by atoms with E-state index in [1.165, 1.54) is 52.0 Å². The fourth-order valence-corrected chi connectivity index (χ4v) is 4.15. The van der Waals surface area contributed by atoms with Crippen LogP contribution in [0.3, 0.4) is 0 Å². The fraction of sp³-hybridized carbons (Fsp3) is 0.333. The molecular formula is C18H17IO. The topological polar surface area (TPSA) is 13.1 Å². The van der Waals surface area contributed by atoms with Gasteiger partial charge in [0.1, 0.15) is 11.2 Å². The molecule has 1 aromatic heterocycles. The van der Waals surface area contributed by atoms with E-state index in [0.717, 1.165) is 11.2 Å². The predicted octanol–water partition coefficient (Wildman–Crippen LogP) is 6.24. The number of furan rings is 1. The molecule has 20 heavy (non-hydrogen) atoms. The van der Waals surface area contributed by atoms with E-state index in [4.69, 9.17) is 4.42 Å². The number of benzene rings is 2. The van der Waals surface area contributed by atoms with Crippen molar-refractivity contribution in [2.75, 3.05) is 0 Å². The van der Waals surface area contributed by atoms with E-state index in [2.05, 4.69) is 59.0 Å². The number of halogens is 1. The van der Waals surface area contributed by atoms with Gasteiger partial charge < -0.3 is 4.42 Å². The summed E-state index contributed by atoms with van der Waals surface area (Å²) in [7, 11) is 0. The van der Waals surface area contributed by atoms with Gasteiger partial charge in [-0.2, -0.15) is 0 Å². The van der Waals surface area contributed by atoms with Gasteiger partial charge in [-0.05, 0) is 53.0 Å². The Balaban J connectivity index is 1.98. The number of para-hydroxylation sites is 2. The largest absolute Gasteiger partial charge is 0.455 e. The molecule has 0 spiro atoms. The summed E-state index contributed by atoms with van der Waals surface area (Å²) in [5.41, 5.74) is 3.60. The molecule has 0 unspecified atom stereocenters. The maximum atomic E-state index is 6.26. The van der Waals surface area contributed by atoms with Crippen LogP contribution in [-0.4, -0.2) is 0 Å². The Morgan fingerprint density at radius 1 is 0.850 bits per heavy atom. The molecule has 1 heterocycles. The number of rotatable bonds is 1. The summed E-state index contributed by atoms with van der Waals surface area (Å²) in [4.78, 5) is 0. The van der Waals surface area contributed by atoms with E-state index in [-0.39, 0.29) is 0 Å². The lowest BCUT2D eigenvalue weighted by molar-refractivity contribution is 0.442. The highest BCUT2D eigenvalue weighted by Crippen LogP contribution is 2.40. The van der Waals surface area contributed by atoms with Crippen LogP contribution >= 0.6 is 22.6 Å². The van der Waals surface area contributed by atoms with Gasteiger partial charge in [-0.15, -0.1) is 0 Å². The fourth-order valence-electron chi connectivity index (χ4n) is 3.54. The highest BCUT2D eigenvalue weighted by atomic mass is 127. The van der Waals surface area contributed by atoms with E-state index in [1.807, 2.05) is 0 Å². The second-order valence-corrected chi connectivity index (χ2v) is 6.94. The van der Waals surface area contributed by atoms with Crippen molar-refractivity contribution in [3.8, 4) is 0 Å². The molecular weight excluding hydrogens is 359 g/mol. The molecule has 0 saturated heterocycles. The normalized spacial score (nSPS) is 17.1. The molecule has 1 aliphatic rings. The van der Waals surface area contributed by atoms with Crippen molar-refractivity contribution in [3.05, 3.63) is 45.5 Å². The third-order valence-electron chi connectivity index (χ3n) is 4.55. The lowest BCUT2D eigenvalue weighted by Crippen LogP contribution is -2.04. The molecule has 102 valence electrons. The minimum Gasteiger partial charge on any atom is -0.455 e. The summed E-state index contributed by atoms with van der Waals surface area (Å²) in [5.74, 6) is 0.686. The van der Waals surface area contributed by atoms with Crippen LogP contribution in [0, 0.1) is 3.57 Å². The van der Waals surface area contributed by atoms with E-state index in [1.54, 1.807) is 0 Å². The van der Waals surface area contributed by atoms with Crippen molar-refractivity contribution < 1.29 is 4.42 Å². The zero-order valence-electron chi connectivity index (χ0n) is 11.4. The molecule has 1 saturated carbocycles. The van der Waals surface area contributed by atoms with Crippen LogP contribution in [0.15, 0.2) is 40.8 Å². The molecule has 1 aliphatic carbocycles. The van der Waals surface area contributed by atoms with E-state index < -0.39 is 0 Å². The maximum absolute atomic E-state index is 6.26. The highest BCUT2D eigenvalue weighted by molar-refractivity contribution is 14.1. The van der Waals surface area contributed by atoms with Gasteiger partial charge in [0.25, 0.3) is 0 Å². The predicted molar refractivity (Wildman–Crippen MR) is 92.3 cm³/mol. The van der Waals surface area contributed by atoms with Crippen molar-refractivity contribution >= 4 is 44.5 Å². The molecule has 4 rings (SSSR count). The highest BCUT2D eigenvalue weighted by Gasteiger charge is 2.20. The average molecular weight is 376 g/mol. The molecule has 3 aromatic rings. The monoisotopic (exact) mass is 376 g/mol. The van der Waals surface area contributed by atoms with Gasteiger partial charge >= 0.3 is 0 Å². The molecule has 0 aliphatic heterocycles. The van der Waals surface area contributed by atoms with Crippen LogP contribution in [0.25, 0.3) is 21.9 Å². The Morgan fingerprint density at radius 3 is 2.35 bits per heavy atom. The molecule has 0 amide bonds. The summed E-state index contributed by atoms with van der Waals surface area (Å²) in [6.45, 7) is 0. The Labute approximate surface area is 132 Å². The van der Waals surface area contributed by atoms with Crippen LogP contribution in [0.2, 0.25) is 0 Å². The zero-order valence-corrected chi connectivity index (χ0v) is 13.5. The Hall–Kier alpha value is -1.03. The second kappa shape index (κ2) is 5.06. The van der Waals surface area contributed by atoms with Crippen molar-refractivity contribution in [2.24, 2.45) is 0 Å². The van der Waals surface area contributed by atoms with Crippen LogP contribution in [0.1, 0.15) is 43.6 Å². The van der Waals surface area contributed by atoms with Crippen molar-refractivity contribution in [2.45, 2.75) is 38.0 Å². The Morgan fingerprint density at radius 2 is 1.55 bits per heavy atom. The number of hydrogen-bond donors (Lipinski definition) is 0. The number of hydrogen-bond acceptors (Lipinski definition) is 1. The molecule has 0 N–H and O–H groups in total. The molecule has 0 atom stereocenters. The minimum absolute atomic E-state index is 0.686. The summed E-state index contributed by atoms with van der Waals surface area (Å²) < 4.78 is 7.46. The smallest absolute Gasteiger partial charge is 0.148 e. The molecule has 0 bridgehead atoms. The number of fused-ring (bicyclic) bond motifs is 3. The van der Waals surface area contributed by atoms with Gasteiger partial charge in [-0.3, -0.25) is 0 Å². The molecule has 0 radical (unpaired) electrons. The Bertz CT molecular complexity index is 766. The van der Waals surface area contributed by atoms with Gasteiger partial charge in [0.2, 0.25) is 0 Å². The average Bonchev–Trinajstić information content (AvgIpc) is 2.88. The van der Waals surface area contributed by atoms with E-state index >= 15 is 0 Å². The summed E-state index contributed by atoms with van der Waals surface area (Å²) >= 11 is 2.37. The molecule has 2 heteroatoms. The first-order valence-corrected chi connectivity index (χ1v) is 8.52. The maximum Gasteiger partial charge on any atom is 0.148 e. The van der Waals surface area contributed by atoms with Crippen molar-refractivity contribution in [3.63, 3.8) is 0 Å². The van der Waals surface area contributed by atoms with E-state index in [9.17, 15) is 0 Å². The van der Waals surface area contributed by atoms with Gasteiger partial charge in [0.15, 0.2) is 0 Å². The van der Waals surface area contributed by atoms with Gasteiger partial charge in [-0.1, -0.05) is 49.6 Å². The zero-order chi connectivity index (χ0) is 13.5. The summed E-state index contributed by atoms with van der Waals surface area (Å²) in [5, 5.41) is 2.53.